The molecule has 3 aromatic rings. The summed E-state index contributed by atoms with van der Waals surface area (Å²) in [7, 11) is 1.72. The van der Waals surface area contributed by atoms with Crippen LogP contribution in [0.5, 0.6) is 5.75 Å². The largest absolute Gasteiger partial charge is 0.492 e. The molecule has 1 amide bonds. The standard InChI is InChI=1S/C19H17ClF2N4O2/c1-26-18(16(20)10-24-26)15-9-14(2-3-17(15)28-5-4-23)25-19(27)11-6-12(21)8-13(22)7-11/h2-3,6-10H,4-5,23H2,1H3,(H,25,27). The first-order valence-electron chi connectivity index (χ1n) is 8.31. The van der Waals surface area contributed by atoms with Crippen molar-refractivity contribution in [1.29, 1.82) is 0 Å². The summed E-state index contributed by atoms with van der Waals surface area (Å²) in [6.45, 7) is 0.610. The molecule has 0 unspecified atom stereocenters. The summed E-state index contributed by atoms with van der Waals surface area (Å²) >= 11 is 6.24. The van der Waals surface area contributed by atoms with E-state index in [4.69, 9.17) is 22.1 Å². The minimum Gasteiger partial charge on any atom is -0.492 e. The third kappa shape index (κ3) is 4.29. The molecule has 146 valence electrons. The zero-order valence-corrected chi connectivity index (χ0v) is 15.6. The van der Waals surface area contributed by atoms with E-state index in [1.54, 1.807) is 29.9 Å². The maximum Gasteiger partial charge on any atom is 0.255 e. The molecule has 28 heavy (non-hydrogen) atoms. The Morgan fingerprint density at radius 1 is 1.25 bits per heavy atom. The van der Waals surface area contributed by atoms with Crippen LogP contribution in [0, 0.1) is 11.6 Å². The van der Waals surface area contributed by atoms with Gasteiger partial charge in [0.15, 0.2) is 0 Å². The first-order valence-corrected chi connectivity index (χ1v) is 8.69. The number of nitrogens with one attached hydrogen (secondary N) is 1. The number of aryl methyl sites for hydroxylation is 1. The van der Waals surface area contributed by atoms with Crippen molar-refractivity contribution < 1.29 is 18.3 Å². The van der Waals surface area contributed by atoms with Gasteiger partial charge in [-0.05, 0) is 30.3 Å². The molecule has 1 aromatic heterocycles. The molecule has 6 nitrogen and oxygen atoms in total. The highest BCUT2D eigenvalue weighted by Crippen LogP contribution is 2.36. The van der Waals surface area contributed by atoms with Gasteiger partial charge in [-0.15, -0.1) is 0 Å². The second-order valence-electron chi connectivity index (χ2n) is 5.93. The Labute approximate surface area is 164 Å². The number of hydrogen-bond donors (Lipinski definition) is 2. The first-order chi connectivity index (χ1) is 13.4. The van der Waals surface area contributed by atoms with Crippen LogP contribution in [0.3, 0.4) is 0 Å². The van der Waals surface area contributed by atoms with E-state index in [1.807, 2.05) is 0 Å². The van der Waals surface area contributed by atoms with E-state index in [9.17, 15) is 13.6 Å². The molecule has 9 heteroatoms. The molecular formula is C19H17ClF2N4O2. The van der Waals surface area contributed by atoms with Gasteiger partial charge in [-0.1, -0.05) is 11.6 Å². The molecular weight excluding hydrogens is 390 g/mol. The zero-order valence-electron chi connectivity index (χ0n) is 14.9. The molecule has 3 N–H and O–H groups in total. The highest BCUT2D eigenvalue weighted by atomic mass is 35.5. The van der Waals surface area contributed by atoms with Gasteiger partial charge >= 0.3 is 0 Å². The highest BCUT2D eigenvalue weighted by Gasteiger charge is 2.17. The number of amides is 1. The monoisotopic (exact) mass is 406 g/mol. The lowest BCUT2D eigenvalue weighted by Gasteiger charge is -2.14. The summed E-state index contributed by atoms with van der Waals surface area (Å²) < 4.78 is 34.0. The summed E-state index contributed by atoms with van der Waals surface area (Å²) in [4.78, 5) is 12.4. The van der Waals surface area contributed by atoms with Crippen molar-refractivity contribution in [2.45, 2.75) is 0 Å². The number of carbonyl (C=O) groups excluding carboxylic acids is 1. The number of hydrogen-bond acceptors (Lipinski definition) is 4. The molecule has 0 bridgehead atoms. The van der Waals surface area contributed by atoms with Gasteiger partial charge < -0.3 is 15.8 Å². The number of benzene rings is 2. The van der Waals surface area contributed by atoms with Crippen LogP contribution in [0.25, 0.3) is 11.3 Å². The van der Waals surface area contributed by atoms with Crippen molar-refractivity contribution in [2.24, 2.45) is 12.8 Å². The number of nitrogens with zero attached hydrogens (tertiary/aromatic N) is 2. The topological polar surface area (TPSA) is 82.2 Å². The van der Waals surface area contributed by atoms with E-state index in [-0.39, 0.29) is 12.2 Å². The van der Waals surface area contributed by atoms with Gasteiger partial charge in [-0.2, -0.15) is 5.10 Å². The van der Waals surface area contributed by atoms with Crippen molar-refractivity contribution in [3.8, 4) is 17.0 Å². The molecule has 0 aliphatic carbocycles. The van der Waals surface area contributed by atoms with Crippen LogP contribution in [0.1, 0.15) is 10.4 Å². The molecule has 0 aliphatic rings. The van der Waals surface area contributed by atoms with Gasteiger partial charge in [0.25, 0.3) is 5.91 Å². The SMILES string of the molecule is Cn1ncc(Cl)c1-c1cc(NC(=O)c2cc(F)cc(F)c2)ccc1OCCN. The quantitative estimate of drug-likeness (QED) is 0.655. The molecule has 3 rings (SSSR count). The third-order valence-corrected chi connectivity index (χ3v) is 4.16. The van der Waals surface area contributed by atoms with Gasteiger partial charge in [0.2, 0.25) is 0 Å². The third-order valence-electron chi connectivity index (χ3n) is 3.89. The Kier molecular flexibility index (Phi) is 5.91. The fourth-order valence-corrected chi connectivity index (χ4v) is 2.96. The Balaban J connectivity index is 1.96. The predicted octanol–water partition coefficient (Wildman–Crippen LogP) is 3.61. The number of carbonyl (C=O) groups is 1. The average Bonchev–Trinajstić information content (AvgIpc) is 2.98. The van der Waals surface area contributed by atoms with Crippen LogP contribution in [0.2, 0.25) is 5.02 Å². The molecule has 0 atom stereocenters. The molecule has 0 spiro atoms. The fourth-order valence-electron chi connectivity index (χ4n) is 2.69. The van der Waals surface area contributed by atoms with Crippen molar-refractivity contribution >= 4 is 23.2 Å². The van der Waals surface area contributed by atoms with E-state index >= 15 is 0 Å². The van der Waals surface area contributed by atoms with Gasteiger partial charge in [0, 0.05) is 36.5 Å². The van der Waals surface area contributed by atoms with E-state index in [2.05, 4.69) is 10.4 Å². The summed E-state index contributed by atoms with van der Waals surface area (Å²) in [5.41, 5.74) is 6.93. The molecule has 0 aliphatic heterocycles. The average molecular weight is 407 g/mol. The molecule has 1 heterocycles. The smallest absolute Gasteiger partial charge is 0.255 e. The van der Waals surface area contributed by atoms with Gasteiger partial charge in [-0.3, -0.25) is 9.48 Å². The summed E-state index contributed by atoms with van der Waals surface area (Å²) in [5.74, 6) is -1.82. The Hall–Kier alpha value is -2.97. The summed E-state index contributed by atoms with van der Waals surface area (Å²) in [6.07, 6.45) is 1.49. The number of ether oxygens (including phenoxy) is 1. The lowest BCUT2D eigenvalue weighted by Crippen LogP contribution is -2.14. The Morgan fingerprint density at radius 2 is 1.96 bits per heavy atom. The number of aromatic nitrogens is 2. The van der Waals surface area contributed by atoms with E-state index in [0.717, 1.165) is 12.1 Å². The molecule has 0 radical (unpaired) electrons. The van der Waals surface area contributed by atoms with Crippen LogP contribution in [-0.2, 0) is 7.05 Å². The summed E-state index contributed by atoms with van der Waals surface area (Å²) in [6, 6.07) is 7.50. The van der Waals surface area contributed by atoms with Gasteiger partial charge in [0.1, 0.15) is 24.0 Å². The van der Waals surface area contributed by atoms with E-state index in [0.29, 0.717) is 40.3 Å². The minimum atomic E-state index is -0.835. The lowest BCUT2D eigenvalue weighted by atomic mass is 10.1. The van der Waals surface area contributed by atoms with Crippen LogP contribution >= 0.6 is 11.6 Å². The second-order valence-corrected chi connectivity index (χ2v) is 6.33. The van der Waals surface area contributed by atoms with Crippen LogP contribution in [0.4, 0.5) is 14.5 Å². The first kappa shape index (κ1) is 19.8. The number of rotatable bonds is 6. The Morgan fingerprint density at radius 3 is 2.57 bits per heavy atom. The van der Waals surface area contributed by atoms with Crippen LogP contribution < -0.4 is 15.8 Å². The van der Waals surface area contributed by atoms with Crippen LogP contribution in [-0.4, -0.2) is 28.8 Å². The maximum atomic E-state index is 13.4. The highest BCUT2D eigenvalue weighted by molar-refractivity contribution is 6.33. The van der Waals surface area contributed by atoms with E-state index in [1.165, 1.54) is 6.20 Å². The lowest BCUT2D eigenvalue weighted by molar-refractivity contribution is 0.102. The summed E-state index contributed by atoms with van der Waals surface area (Å²) in [5, 5.41) is 7.12. The van der Waals surface area contributed by atoms with Crippen LogP contribution in [0.15, 0.2) is 42.6 Å². The van der Waals surface area contributed by atoms with Crippen molar-refractivity contribution in [3.05, 3.63) is 64.8 Å². The fraction of sp³-hybridized carbons (Fsp3) is 0.158. The number of halogens is 3. The second kappa shape index (κ2) is 8.37. The number of anilines is 1. The number of nitrogens with two attached hydrogens (primary N) is 1. The van der Waals surface area contributed by atoms with Gasteiger partial charge in [-0.25, -0.2) is 8.78 Å². The van der Waals surface area contributed by atoms with Gasteiger partial charge in [0.05, 0.1) is 16.9 Å². The van der Waals surface area contributed by atoms with E-state index < -0.39 is 17.5 Å². The van der Waals surface area contributed by atoms with Crippen molar-refractivity contribution in [3.63, 3.8) is 0 Å². The molecule has 2 aromatic carbocycles. The van der Waals surface area contributed by atoms with Crippen molar-refractivity contribution in [2.75, 3.05) is 18.5 Å². The molecule has 0 saturated heterocycles. The molecule has 0 saturated carbocycles. The zero-order chi connectivity index (χ0) is 20.3. The minimum absolute atomic E-state index is 0.138. The van der Waals surface area contributed by atoms with Crippen molar-refractivity contribution in [1.82, 2.24) is 9.78 Å². The predicted molar refractivity (Wildman–Crippen MR) is 103 cm³/mol. The molecule has 0 fully saturated rings. The Bertz CT molecular complexity index is 983. The maximum absolute atomic E-state index is 13.4. The normalized spacial score (nSPS) is 10.8.